The van der Waals surface area contributed by atoms with E-state index in [4.69, 9.17) is 4.52 Å². The third-order valence-electron chi connectivity index (χ3n) is 4.57. The number of imidazole rings is 1. The molecular formula is C19H24N4O2. The molecule has 25 heavy (non-hydrogen) atoms. The summed E-state index contributed by atoms with van der Waals surface area (Å²) in [5.74, 6) is 0.734. The maximum Gasteiger partial charge on any atom is 0.238 e. The van der Waals surface area contributed by atoms with Crippen molar-refractivity contribution in [1.82, 2.24) is 14.7 Å². The number of amides is 1. The molecule has 6 heteroatoms. The quantitative estimate of drug-likeness (QED) is 0.773. The predicted octanol–water partition coefficient (Wildman–Crippen LogP) is 4.25. The summed E-state index contributed by atoms with van der Waals surface area (Å²) in [6.07, 6.45) is 0. The van der Waals surface area contributed by atoms with Gasteiger partial charge in [-0.1, -0.05) is 38.9 Å². The van der Waals surface area contributed by atoms with Gasteiger partial charge in [-0.05, 0) is 37.0 Å². The average Bonchev–Trinajstić information content (AvgIpc) is 3.08. The van der Waals surface area contributed by atoms with Crippen molar-refractivity contribution in [3.05, 3.63) is 35.5 Å². The third kappa shape index (κ3) is 3.29. The summed E-state index contributed by atoms with van der Waals surface area (Å²) < 4.78 is 7.23. The fourth-order valence-corrected chi connectivity index (χ4v) is 2.56. The number of fused-ring (bicyclic) bond motifs is 1. The number of hydrogen-bond acceptors (Lipinski definition) is 4. The van der Waals surface area contributed by atoms with Gasteiger partial charge in [0.25, 0.3) is 0 Å². The largest absolute Gasteiger partial charge is 0.338 e. The van der Waals surface area contributed by atoms with Crippen LogP contribution in [-0.2, 0) is 4.79 Å². The van der Waals surface area contributed by atoms with Crippen molar-refractivity contribution in [2.45, 2.75) is 41.5 Å². The first kappa shape index (κ1) is 17.2. The topological polar surface area (TPSA) is 73.0 Å². The van der Waals surface area contributed by atoms with E-state index >= 15 is 0 Å². The fraction of sp³-hybridized carbons (Fsp3) is 0.421. The van der Waals surface area contributed by atoms with Crippen LogP contribution in [0.1, 0.15) is 39.0 Å². The van der Waals surface area contributed by atoms with Crippen molar-refractivity contribution in [2.75, 3.05) is 5.32 Å². The van der Waals surface area contributed by atoms with Gasteiger partial charge in [-0.2, -0.15) is 0 Å². The van der Waals surface area contributed by atoms with E-state index in [0.717, 1.165) is 22.3 Å². The van der Waals surface area contributed by atoms with Gasteiger partial charge in [0.05, 0.1) is 16.7 Å². The molecular weight excluding hydrogens is 316 g/mol. The Labute approximate surface area is 147 Å². The molecule has 132 valence electrons. The normalized spacial score (nSPS) is 13.2. The molecule has 0 fully saturated rings. The molecule has 2 aromatic heterocycles. The average molecular weight is 340 g/mol. The van der Waals surface area contributed by atoms with Gasteiger partial charge in [0.15, 0.2) is 0 Å². The van der Waals surface area contributed by atoms with Crippen LogP contribution in [0.3, 0.4) is 0 Å². The van der Waals surface area contributed by atoms with Gasteiger partial charge in [0.1, 0.15) is 0 Å². The number of nitrogens with zero attached hydrogens (tertiary/aromatic N) is 3. The van der Waals surface area contributed by atoms with Crippen LogP contribution >= 0.6 is 0 Å². The van der Waals surface area contributed by atoms with Crippen LogP contribution in [0.5, 0.6) is 0 Å². The first-order valence-electron chi connectivity index (χ1n) is 8.40. The Morgan fingerprint density at radius 1 is 1.24 bits per heavy atom. The van der Waals surface area contributed by atoms with Crippen LogP contribution < -0.4 is 5.32 Å². The minimum atomic E-state index is -0.168. The monoisotopic (exact) mass is 340 g/mol. The summed E-state index contributed by atoms with van der Waals surface area (Å²) in [5, 5.41) is 6.92. The van der Waals surface area contributed by atoms with Crippen LogP contribution in [0.15, 0.2) is 28.8 Å². The van der Waals surface area contributed by atoms with Crippen LogP contribution in [-0.4, -0.2) is 20.6 Å². The van der Waals surface area contributed by atoms with Crippen molar-refractivity contribution in [1.29, 1.82) is 0 Å². The smallest absolute Gasteiger partial charge is 0.238 e. The molecule has 3 aromatic rings. The van der Waals surface area contributed by atoms with Crippen molar-refractivity contribution < 1.29 is 9.32 Å². The zero-order valence-corrected chi connectivity index (χ0v) is 15.5. The van der Waals surface area contributed by atoms with E-state index in [0.29, 0.717) is 11.8 Å². The van der Waals surface area contributed by atoms with E-state index < -0.39 is 0 Å². The summed E-state index contributed by atoms with van der Waals surface area (Å²) >= 11 is 0. The van der Waals surface area contributed by atoms with E-state index in [1.165, 1.54) is 0 Å². The Kier molecular flexibility index (Phi) is 4.14. The van der Waals surface area contributed by atoms with Crippen molar-refractivity contribution >= 4 is 22.9 Å². The summed E-state index contributed by atoms with van der Waals surface area (Å²) in [6.45, 7) is 11.9. The molecule has 0 saturated carbocycles. The van der Waals surface area contributed by atoms with E-state index in [2.05, 4.69) is 15.5 Å². The maximum absolute atomic E-state index is 12.7. The maximum atomic E-state index is 12.7. The molecule has 0 spiro atoms. The molecule has 2 heterocycles. The SMILES string of the molecule is Cc1ccc2nc(NC(=O)[C@@H](C)C(C)(C)C)n(-c3cc(C)no3)c2c1. The Bertz CT molecular complexity index is 931. The van der Waals surface area contributed by atoms with Gasteiger partial charge in [0.2, 0.25) is 17.7 Å². The summed E-state index contributed by atoms with van der Waals surface area (Å²) in [5.41, 5.74) is 3.39. The van der Waals surface area contributed by atoms with Gasteiger partial charge >= 0.3 is 0 Å². The highest BCUT2D eigenvalue weighted by molar-refractivity contribution is 5.94. The van der Waals surface area contributed by atoms with Gasteiger partial charge in [-0.25, -0.2) is 9.55 Å². The summed E-state index contributed by atoms with van der Waals surface area (Å²) in [4.78, 5) is 17.3. The molecule has 1 amide bonds. The number of nitrogens with one attached hydrogen (secondary N) is 1. The van der Waals surface area contributed by atoms with Crippen LogP contribution in [0.4, 0.5) is 5.95 Å². The number of anilines is 1. The highest BCUT2D eigenvalue weighted by atomic mass is 16.5. The molecule has 3 rings (SSSR count). The van der Waals surface area contributed by atoms with E-state index in [1.54, 1.807) is 4.57 Å². The number of hydrogen-bond donors (Lipinski definition) is 1. The molecule has 0 aliphatic carbocycles. The molecule has 0 unspecified atom stereocenters. The number of aryl methyl sites for hydroxylation is 2. The van der Waals surface area contributed by atoms with Gasteiger partial charge in [-0.15, -0.1) is 0 Å². The van der Waals surface area contributed by atoms with Crippen LogP contribution in [0.2, 0.25) is 0 Å². The second kappa shape index (κ2) is 6.02. The number of aromatic nitrogens is 3. The highest BCUT2D eigenvalue weighted by Crippen LogP contribution is 2.29. The minimum Gasteiger partial charge on any atom is -0.338 e. The Morgan fingerprint density at radius 3 is 2.56 bits per heavy atom. The van der Waals surface area contributed by atoms with Crippen LogP contribution in [0, 0.1) is 25.2 Å². The Morgan fingerprint density at radius 2 is 1.96 bits per heavy atom. The second-order valence-electron chi connectivity index (χ2n) is 7.65. The third-order valence-corrected chi connectivity index (χ3v) is 4.57. The lowest BCUT2D eigenvalue weighted by molar-refractivity contribution is -0.122. The molecule has 0 aliphatic heterocycles. The predicted molar refractivity (Wildman–Crippen MR) is 97.9 cm³/mol. The molecule has 1 aromatic carbocycles. The lowest BCUT2D eigenvalue weighted by Crippen LogP contribution is -2.31. The molecule has 6 nitrogen and oxygen atoms in total. The van der Waals surface area contributed by atoms with Gasteiger partial charge in [0, 0.05) is 12.0 Å². The number of carbonyl (C=O) groups is 1. The van der Waals surface area contributed by atoms with Crippen molar-refractivity contribution in [3.8, 4) is 5.88 Å². The lowest BCUT2D eigenvalue weighted by Gasteiger charge is -2.25. The molecule has 1 atom stereocenters. The zero-order chi connectivity index (χ0) is 18.4. The summed E-state index contributed by atoms with van der Waals surface area (Å²) in [6, 6.07) is 7.78. The van der Waals surface area contributed by atoms with E-state index in [9.17, 15) is 4.79 Å². The molecule has 1 N–H and O–H groups in total. The van der Waals surface area contributed by atoms with Crippen molar-refractivity contribution in [2.24, 2.45) is 11.3 Å². The zero-order valence-electron chi connectivity index (χ0n) is 15.5. The number of carbonyl (C=O) groups excluding carboxylic acids is 1. The lowest BCUT2D eigenvalue weighted by atomic mass is 9.81. The summed E-state index contributed by atoms with van der Waals surface area (Å²) in [7, 11) is 0. The van der Waals surface area contributed by atoms with Crippen LogP contribution in [0.25, 0.3) is 16.9 Å². The fourth-order valence-electron chi connectivity index (χ4n) is 2.56. The number of benzene rings is 1. The molecule has 0 bridgehead atoms. The Hall–Kier alpha value is -2.63. The standard InChI is InChI=1S/C19H24N4O2/c1-11-7-8-14-15(9-11)23(16-10-12(2)22-25-16)18(20-14)21-17(24)13(3)19(4,5)6/h7-10,13H,1-6H3,(H,20,21,24)/t13-/m1/s1. The van der Waals surface area contributed by atoms with Gasteiger partial charge < -0.3 is 4.52 Å². The van der Waals surface area contributed by atoms with E-state index in [-0.39, 0.29) is 17.2 Å². The van der Waals surface area contributed by atoms with Crippen molar-refractivity contribution in [3.63, 3.8) is 0 Å². The first-order valence-corrected chi connectivity index (χ1v) is 8.40. The minimum absolute atomic E-state index is 0.0722. The molecule has 0 aliphatic rings. The molecule has 0 radical (unpaired) electrons. The van der Waals surface area contributed by atoms with E-state index in [1.807, 2.05) is 65.8 Å². The molecule has 0 saturated heterocycles. The highest BCUT2D eigenvalue weighted by Gasteiger charge is 2.28. The second-order valence-corrected chi connectivity index (χ2v) is 7.65. The number of rotatable bonds is 3. The first-order chi connectivity index (χ1) is 11.7. The Balaban J connectivity index is 2.10. The van der Waals surface area contributed by atoms with Gasteiger partial charge in [-0.3, -0.25) is 10.1 Å².